The van der Waals surface area contributed by atoms with Gasteiger partial charge >= 0.3 is 0 Å². The normalized spacial score (nSPS) is 24.1. The number of aromatic nitrogens is 4. The first-order valence-electron chi connectivity index (χ1n) is 8.84. The fraction of sp³-hybridized carbons (Fsp3) is 0.294. The van der Waals surface area contributed by atoms with Gasteiger partial charge in [-0.2, -0.15) is 10.1 Å². The van der Waals surface area contributed by atoms with Crippen molar-refractivity contribution in [3.05, 3.63) is 45.2 Å². The zero-order valence-corrected chi connectivity index (χ0v) is 16.1. The average molecular weight is 436 g/mol. The number of hydrogen-bond acceptors (Lipinski definition) is 10. The molecule has 0 radical (unpaired) electrons. The van der Waals surface area contributed by atoms with Gasteiger partial charge in [-0.05, 0) is 17.7 Å². The molecular weight excluding hydrogens is 418 g/mol. The van der Waals surface area contributed by atoms with Crippen molar-refractivity contribution in [2.24, 2.45) is 5.10 Å². The van der Waals surface area contributed by atoms with Gasteiger partial charge in [0.1, 0.15) is 18.3 Å². The lowest BCUT2D eigenvalue weighted by molar-refractivity contribution is -0.0501. The van der Waals surface area contributed by atoms with Gasteiger partial charge < -0.3 is 25.8 Å². The van der Waals surface area contributed by atoms with Crippen LogP contribution in [0, 0.1) is 0 Å². The number of imidazole rings is 1. The number of hydrazone groups is 1. The van der Waals surface area contributed by atoms with Gasteiger partial charge in [-0.15, -0.1) is 0 Å². The van der Waals surface area contributed by atoms with Gasteiger partial charge in [0.15, 0.2) is 17.4 Å². The molecule has 7 N–H and O–H groups in total. The molecule has 1 aliphatic heterocycles. The Labute approximate surface area is 173 Å². The predicted octanol–water partition coefficient (Wildman–Crippen LogP) is -0.587. The number of anilines is 2. The van der Waals surface area contributed by atoms with Crippen molar-refractivity contribution in [1.82, 2.24) is 19.5 Å². The van der Waals surface area contributed by atoms with Crippen molar-refractivity contribution in [3.8, 4) is 0 Å². The lowest BCUT2D eigenvalue weighted by Gasteiger charge is -2.18. The molecule has 158 valence electrons. The monoisotopic (exact) mass is 435 g/mol. The average Bonchev–Trinajstić information content (AvgIpc) is 3.21. The van der Waals surface area contributed by atoms with Crippen LogP contribution in [0.3, 0.4) is 0 Å². The van der Waals surface area contributed by atoms with Gasteiger partial charge in [-0.25, -0.2) is 10.4 Å². The Kier molecular flexibility index (Phi) is 5.40. The molecule has 1 saturated heterocycles. The molecule has 0 spiro atoms. The molecule has 2 aromatic heterocycles. The summed E-state index contributed by atoms with van der Waals surface area (Å²) in [7, 11) is 0. The number of fused-ring (bicyclic) bond motifs is 1. The molecule has 0 aliphatic carbocycles. The van der Waals surface area contributed by atoms with Crippen LogP contribution in [-0.2, 0) is 4.74 Å². The molecule has 0 unspecified atom stereocenters. The Morgan fingerprint density at radius 3 is 2.70 bits per heavy atom. The zero-order valence-electron chi connectivity index (χ0n) is 15.3. The number of aromatic amines is 1. The molecule has 3 heterocycles. The van der Waals surface area contributed by atoms with Crippen LogP contribution in [-0.4, -0.2) is 66.0 Å². The molecule has 4 rings (SSSR count). The number of benzene rings is 1. The molecule has 3 aromatic rings. The third kappa shape index (κ3) is 3.62. The lowest BCUT2D eigenvalue weighted by Crippen LogP contribution is -2.33. The van der Waals surface area contributed by atoms with E-state index in [-0.39, 0.29) is 23.1 Å². The van der Waals surface area contributed by atoms with E-state index in [0.29, 0.717) is 5.02 Å². The van der Waals surface area contributed by atoms with Crippen LogP contribution in [0.1, 0.15) is 11.8 Å². The zero-order chi connectivity index (χ0) is 21.4. The number of halogens is 1. The number of nitrogens with zero attached hydrogens (tertiary/aromatic N) is 4. The topological polar surface area (TPSA) is 184 Å². The first-order valence-corrected chi connectivity index (χ1v) is 9.21. The van der Waals surface area contributed by atoms with Crippen LogP contribution in [0.15, 0.2) is 34.2 Å². The van der Waals surface area contributed by atoms with Crippen molar-refractivity contribution in [1.29, 1.82) is 0 Å². The maximum atomic E-state index is 12.3. The highest BCUT2D eigenvalue weighted by atomic mass is 35.5. The maximum absolute atomic E-state index is 12.3. The van der Waals surface area contributed by atoms with Crippen molar-refractivity contribution < 1.29 is 20.1 Å². The van der Waals surface area contributed by atoms with Crippen LogP contribution in [0.4, 0.5) is 11.9 Å². The SMILES string of the molecule is Nc1nc2c(nc(N/N=C\c3ccc(Cl)cc3)n2[C@@H]2O[C@@H](CO)[C@@H](O)[C@@H]2O)c(=O)[nH]1. The van der Waals surface area contributed by atoms with Crippen LogP contribution < -0.4 is 16.7 Å². The molecule has 1 aliphatic rings. The number of ether oxygens (including phenoxy) is 1. The summed E-state index contributed by atoms with van der Waals surface area (Å²) in [5, 5.41) is 34.6. The highest BCUT2D eigenvalue weighted by molar-refractivity contribution is 6.30. The minimum atomic E-state index is -1.43. The number of nitrogen functional groups attached to an aromatic ring is 1. The molecule has 0 saturated carbocycles. The summed E-state index contributed by atoms with van der Waals surface area (Å²) in [5.74, 6) is -0.162. The van der Waals surface area contributed by atoms with Crippen molar-refractivity contribution >= 4 is 40.9 Å². The van der Waals surface area contributed by atoms with E-state index < -0.39 is 36.7 Å². The Hall–Kier alpha value is -3.03. The summed E-state index contributed by atoms with van der Waals surface area (Å²) >= 11 is 5.86. The number of H-pyrrole nitrogens is 1. The highest BCUT2D eigenvalue weighted by Crippen LogP contribution is 2.33. The Morgan fingerprint density at radius 2 is 2.03 bits per heavy atom. The van der Waals surface area contributed by atoms with Gasteiger partial charge in [0.25, 0.3) is 5.56 Å². The van der Waals surface area contributed by atoms with Gasteiger partial charge in [0, 0.05) is 5.02 Å². The van der Waals surface area contributed by atoms with Crippen LogP contribution in [0.25, 0.3) is 11.2 Å². The molecule has 0 bridgehead atoms. The number of aliphatic hydroxyl groups is 3. The number of nitrogens with two attached hydrogens (primary N) is 1. The van der Waals surface area contributed by atoms with E-state index in [0.717, 1.165) is 5.56 Å². The van der Waals surface area contributed by atoms with Gasteiger partial charge in [0.2, 0.25) is 11.9 Å². The van der Waals surface area contributed by atoms with E-state index in [1.807, 2.05) is 0 Å². The van der Waals surface area contributed by atoms with E-state index in [1.165, 1.54) is 10.8 Å². The first-order chi connectivity index (χ1) is 14.4. The summed E-state index contributed by atoms with van der Waals surface area (Å²) in [4.78, 5) is 22.8. The molecule has 30 heavy (non-hydrogen) atoms. The molecule has 0 amide bonds. The molecule has 13 heteroatoms. The van der Waals surface area contributed by atoms with Gasteiger partial charge in [-0.3, -0.25) is 14.3 Å². The predicted molar refractivity (Wildman–Crippen MR) is 108 cm³/mol. The van der Waals surface area contributed by atoms with E-state index in [4.69, 9.17) is 22.1 Å². The van der Waals surface area contributed by atoms with Gasteiger partial charge in [0.05, 0.1) is 12.8 Å². The second-order valence-electron chi connectivity index (χ2n) is 6.58. The van der Waals surface area contributed by atoms with E-state index in [1.54, 1.807) is 24.3 Å². The summed E-state index contributed by atoms with van der Waals surface area (Å²) in [5.41, 5.74) is 8.39. The van der Waals surface area contributed by atoms with Crippen LogP contribution >= 0.6 is 11.6 Å². The number of rotatable bonds is 5. The van der Waals surface area contributed by atoms with Gasteiger partial charge in [-0.1, -0.05) is 23.7 Å². The molecule has 1 fully saturated rings. The minimum Gasteiger partial charge on any atom is -0.394 e. The van der Waals surface area contributed by atoms with Crippen molar-refractivity contribution in [2.75, 3.05) is 17.8 Å². The number of nitrogens with one attached hydrogen (secondary N) is 2. The molecule has 1 aromatic carbocycles. The Balaban J connectivity index is 1.75. The largest absolute Gasteiger partial charge is 0.394 e. The Morgan fingerprint density at radius 1 is 1.30 bits per heavy atom. The highest BCUT2D eigenvalue weighted by Gasteiger charge is 2.45. The summed E-state index contributed by atoms with van der Waals surface area (Å²) in [6, 6.07) is 6.89. The summed E-state index contributed by atoms with van der Waals surface area (Å²) in [6.45, 7) is -0.519. The quantitative estimate of drug-likeness (QED) is 0.225. The van der Waals surface area contributed by atoms with Crippen molar-refractivity contribution in [3.63, 3.8) is 0 Å². The smallest absolute Gasteiger partial charge is 0.280 e. The molecule has 12 nitrogen and oxygen atoms in total. The van der Waals surface area contributed by atoms with E-state index >= 15 is 0 Å². The van der Waals surface area contributed by atoms with Crippen LogP contribution in [0.5, 0.6) is 0 Å². The number of aliphatic hydroxyl groups excluding tert-OH is 3. The Bertz CT molecular complexity index is 1150. The third-order valence-electron chi connectivity index (χ3n) is 4.59. The maximum Gasteiger partial charge on any atom is 0.280 e. The van der Waals surface area contributed by atoms with E-state index in [2.05, 4.69) is 25.5 Å². The summed E-state index contributed by atoms with van der Waals surface area (Å²) < 4.78 is 6.81. The standard InChI is InChI=1S/C17H18ClN7O5/c18-8-3-1-7(2-4-8)5-20-24-17-21-10-13(22-16(19)23-14(10)29)25(17)15-12(28)11(27)9(6-26)30-15/h1-5,9,11-12,15,26-28H,6H2,(H,21,24)(H3,19,22,23,29)/b20-5-/t9-,11+,12-,15+/m0/s1. The first kappa shape index (κ1) is 20.3. The fourth-order valence-electron chi connectivity index (χ4n) is 3.13. The third-order valence-corrected chi connectivity index (χ3v) is 4.84. The second kappa shape index (κ2) is 8.01. The second-order valence-corrected chi connectivity index (χ2v) is 7.02. The number of hydrogen-bond donors (Lipinski definition) is 6. The van der Waals surface area contributed by atoms with E-state index in [9.17, 15) is 20.1 Å². The molecule has 4 atom stereocenters. The molecular formula is C17H18ClN7O5. The van der Waals surface area contributed by atoms with Crippen LogP contribution in [0.2, 0.25) is 5.02 Å². The summed E-state index contributed by atoms with van der Waals surface area (Å²) in [6.07, 6.45) is -3.54. The van der Waals surface area contributed by atoms with Crippen molar-refractivity contribution in [2.45, 2.75) is 24.5 Å². The fourth-order valence-corrected chi connectivity index (χ4v) is 3.25. The minimum absolute atomic E-state index is 0.00801. The lowest BCUT2D eigenvalue weighted by atomic mass is 10.1.